The van der Waals surface area contributed by atoms with Crippen LogP contribution in [0.15, 0.2) is 30.9 Å². The first-order valence-electron chi connectivity index (χ1n) is 4.29. The lowest BCUT2D eigenvalue weighted by Gasteiger charge is -2.08. The van der Waals surface area contributed by atoms with Crippen LogP contribution in [0.2, 0.25) is 10.0 Å². The highest BCUT2D eigenvalue weighted by Crippen LogP contribution is 2.30. The van der Waals surface area contributed by atoms with E-state index in [1.807, 2.05) is 4.57 Å². The molecule has 2 aromatic rings. The fourth-order valence-electron chi connectivity index (χ4n) is 1.31. The maximum atomic E-state index is 9.67. The van der Waals surface area contributed by atoms with Crippen molar-refractivity contribution in [2.75, 3.05) is 0 Å². The standard InChI is InChI=1S/C10H8Cl2N2O/c11-7-3-9(12)8(10(15)4-7)5-14-2-1-13-6-14/h1-4,6,15H,5H2. The van der Waals surface area contributed by atoms with E-state index in [1.165, 1.54) is 6.07 Å². The average Bonchev–Trinajstić information content (AvgIpc) is 2.63. The molecule has 15 heavy (non-hydrogen) atoms. The number of halogens is 2. The van der Waals surface area contributed by atoms with Crippen LogP contribution in [0.25, 0.3) is 0 Å². The van der Waals surface area contributed by atoms with Crippen LogP contribution in [0.5, 0.6) is 5.75 Å². The van der Waals surface area contributed by atoms with Crippen molar-refractivity contribution >= 4 is 23.2 Å². The van der Waals surface area contributed by atoms with Gasteiger partial charge in [-0.3, -0.25) is 0 Å². The summed E-state index contributed by atoms with van der Waals surface area (Å²) in [6.45, 7) is 0.474. The Hall–Kier alpha value is -1.19. The molecule has 0 bridgehead atoms. The van der Waals surface area contributed by atoms with Gasteiger partial charge in [-0.15, -0.1) is 0 Å². The number of hydrogen-bond donors (Lipinski definition) is 1. The zero-order chi connectivity index (χ0) is 10.8. The number of phenolic OH excluding ortho intramolecular Hbond substituents is 1. The van der Waals surface area contributed by atoms with Crippen molar-refractivity contribution < 1.29 is 5.11 Å². The number of phenols is 1. The van der Waals surface area contributed by atoms with Gasteiger partial charge in [-0.1, -0.05) is 23.2 Å². The largest absolute Gasteiger partial charge is 0.507 e. The third-order valence-corrected chi connectivity index (χ3v) is 2.59. The molecule has 0 aliphatic heterocycles. The molecule has 2 rings (SSSR count). The Morgan fingerprint density at radius 2 is 2.13 bits per heavy atom. The minimum absolute atomic E-state index is 0.0983. The summed E-state index contributed by atoms with van der Waals surface area (Å²) in [5.74, 6) is 0.0983. The minimum atomic E-state index is 0.0983. The molecule has 1 N–H and O–H groups in total. The molecule has 78 valence electrons. The summed E-state index contributed by atoms with van der Waals surface area (Å²) in [5.41, 5.74) is 0.638. The van der Waals surface area contributed by atoms with Gasteiger partial charge in [-0.05, 0) is 12.1 Å². The maximum absolute atomic E-state index is 9.67. The molecule has 1 heterocycles. The Labute approximate surface area is 96.9 Å². The van der Waals surface area contributed by atoms with Crippen molar-refractivity contribution in [1.29, 1.82) is 0 Å². The topological polar surface area (TPSA) is 38.0 Å². The normalized spacial score (nSPS) is 10.5. The Morgan fingerprint density at radius 1 is 1.33 bits per heavy atom. The van der Waals surface area contributed by atoms with Crippen LogP contribution in [0.1, 0.15) is 5.56 Å². The van der Waals surface area contributed by atoms with Crippen LogP contribution in [-0.2, 0) is 6.54 Å². The van der Waals surface area contributed by atoms with Gasteiger partial charge in [0.2, 0.25) is 0 Å². The predicted molar refractivity (Wildman–Crippen MR) is 59.5 cm³/mol. The lowest BCUT2D eigenvalue weighted by Crippen LogP contribution is -1.97. The summed E-state index contributed by atoms with van der Waals surface area (Å²) in [6.07, 6.45) is 5.12. The van der Waals surface area contributed by atoms with Gasteiger partial charge in [-0.2, -0.15) is 0 Å². The van der Waals surface area contributed by atoms with Gasteiger partial charge in [0.15, 0.2) is 0 Å². The second-order valence-corrected chi connectivity index (χ2v) is 3.96. The molecular weight excluding hydrogens is 235 g/mol. The molecule has 0 atom stereocenters. The number of aromatic nitrogens is 2. The lowest BCUT2D eigenvalue weighted by molar-refractivity contribution is 0.466. The monoisotopic (exact) mass is 242 g/mol. The van der Waals surface area contributed by atoms with Crippen LogP contribution in [0, 0.1) is 0 Å². The van der Waals surface area contributed by atoms with E-state index >= 15 is 0 Å². The molecule has 0 radical (unpaired) electrons. The second-order valence-electron chi connectivity index (χ2n) is 3.12. The molecule has 5 heteroatoms. The van der Waals surface area contributed by atoms with Crippen LogP contribution >= 0.6 is 23.2 Å². The minimum Gasteiger partial charge on any atom is -0.507 e. The van der Waals surface area contributed by atoms with Crippen molar-refractivity contribution in [3.8, 4) is 5.75 Å². The molecule has 3 nitrogen and oxygen atoms in total. The Bertz CT molecular complexity index is 445. The number of aromatic hydroxyl groups is 1. The predicted octanol–water partition coefficient (Wildman–Crippen LogP) is 2.94. The summed E-state index contributed by atoms with van der Waals surface area (Å²) in [6, 6.07) is 3.08. The van der Waals surface area contributed by atoms with E-state index in [0.717, 1.165) is 0 Å². The molecule has 1 aromatic heterocycles. The molecule has 0 aliphatic carbocycles. The van der Waals surface area contributed by atoms with Gasteiger partial charge < -0.3 is 9.67 Å². The van der Waals surface area contributed by atoms with Crippen molar-refractivity contribution in [2.24, 2.45) is 0 Å². The Kier molecular flexibility index (Phi) is 2.84. The number of hydrogen-bond acceptors (Lipinski definition) is 2. The molecule has 0 saturated carbocycles. The van der Waals surface area contributed by atoms with Crippen LogP contribution in [0.3, 0.4) is 0 Å². The molecule has 0 aliphatic rings. The summed E-state index contributed by atoms with van der Waals surface area (Å²) in [7, 11) is 0. The third-order valence-electron chi connectivity index (χ3n) is 2.04. The lowest BCUT2D eigenvalue weighted by atomic mass is 10.2. The molecular formula is C10H8Cl2N2O. The first-order chi connectivity index (χ1) is 7.16. The quantitative estimate of drug-likeness (QED) is 0.880. The van der Waals surface area contributed by atoms with Crippen molar-refractivity contribution in [3.63, 3.8) is 0 Å². The van der Waals surface area contributed by atoms with Gasteiger partial charge in [0.25, 0.3) is 0 Å². The smallest absolute Gasteiger partial charge is 0.123 e. The zero-order valence-electron chi connectivity index (χ0n) is 7.69. The van der Waals surface area contributed by atoms with Gasteiger partial charge >= 0.3 is 0 Å². The summed E-state index contributed by atoms with van der Waals surface area (Å²) >= 11 is 11.7. The molecule has 0 spiro atoms. The number of benzene rings is 1. The maximum Gasteiger partial charge on any atom is 0.123 e. The van der Waals surface area contributed by atoms with E-state index in [1.54, 1.807) is 24.8 Å². The highest BCUT2D eigenvalue weighted by Gasteiger charge is 2.08. The van der Waals surface area contributed by atoms with Crippen LogP contribution in [-0.4, -0.2) is 14.7 Å². The fourth-order valence-corrected chi connectivity index (χ4v) is 1.85. The number of nitrogens with zero attached hydrogens (tertiary/aromatic N) is 2. The number of imidazole rings is 1. The SMILES string of the molecule is Oc1cc(Cl)cc(Cl)c1Cn1ccnc1. The Morgan fingerprint density at radius 3 is 2.73 bits per heavy atom. The zero-order valence-corrected chi connectivity index (χ0v) is 9.20. The molecule has 0 fully saturated rings. The van der Waals surface area contributed by atoms with Crippen LogP contribution < -0.4 is 0 Å². The van der Waals surface area contributed by atoms with Crippen molar-refractivity contribution in [2.45, 2.75) is 6.54 Å². The first-order valence-corrected chi connectivity index (χ1v) is 5.05. The molecule has 0 unspecified atom stereocenters. The second kappa shape index (κ2) is 4.13. The average molecular weight is 243 g/mol. The highest BCUT2D eigenvalue weighted by molar-refractivity contribution is 6.35. The Balaban J connectivity index is 2.36. The van der Waals surface area contributed by atoms with Crippen molar-refractivity contribution in [3.05, 3.63) is 46.5 Å². The summed E-state index contributed by atoms with van der Waals surface area (Å²) in [5, 5.41) is 10.5. The fraction of sp³-hybridized carbons (Fsp3) is 0.100. The van der Waals surface area contributed by atoms with E-state index in [9.17, 15) is 5.11 Å². The van der Waals surface area contributed by atoms with Crippen molar-refractivity contribution in [1.82, 2.24) is 9.55 Å². The van der Waals surface area contributed by atoms with E-state index in [-0.39, 0.29) is 5.75 Å². The van der Waals surface area contributed by atoms with Crippen LogP contribution in [0.4, 0.5) is 0 Å². The van der Waals surface area contributed by atoms with E-state index in [4.69, 9.17) is 23.2 Å². The third kappa shape index (κ3) is 2.25. The van der Waals surface area contributed by atoms with Gasteiger partial charge in [0.05, 0.1) is 17.9 Å². The molecule has 0 amide bonds. The molecule has 0 saturated heterocycles. The van der Waals surface area contributed by atoms with E-state index in [2.05, 4.69) is 4.98 Å². The molecule has 1 aromatic carbocycles. The highest BCUT2D eigenvalue weighted by atomic mass is 35.5. The van der Waals surface area contributed by atoms with E-state index in [0.29, 0.717) is 22.2 Å². The van der Waals surface area contributed by atoms with Gasteiger partial charge in [0.1, 0.15) is 5.75 Å². The first kappa shape index (κ1) is 10.3. The van der Waals surface area contributed by atoms with E-state index < -0.39 is 0 Å². The van der Waals surface area contributed by atoms with Gasteiger partial charge in [-0.25, -0.2) is 4.98 Å². The van der Waals surface area contributed by atoms with Gasteiger partial charge in [0, 0.05) is 23.0 Å². The summed E-state index contributed by atoms with van der Waals surface area (Å²) in [4.78, 5) is 3.91. The number of rotatable bonds is 2. The summed E-state index contributed by atoms with van der Waals surface area (Å²) < 4.78 is 1.81.